The van der Waals surface area contributed by atoms with Crippen LogP contribution in [0.4, 0.5) is 11.4 Å². The standard InChI is InChI=1S/C25H24N2O5/c1-30-22-14-16(15-23(31-2)24(22)32-3)8-13-21(28)17-9-11-18(12-10-17)25(29)27-20-7-5-4-6-19(20)26/h4-15H,26H2,1-3H3,(H,27,29)/b13-8+. The van der Waals surface area contributed by atoms with Crippen LogP contribution >= 0.6 is 0 Å². The number of rotatable bonds is 8. The number of ketones is 1. The van der Waals surface area contributed by atoms with E-state index in [0.717, 1.165) is 0 Å². The van der Waals surface area contributed by atoms with Gasteiger partial charge in [-0.1, -0.05) is 30.3 Å². The number of amides is 1. The largest absolute Gasteiger partial charge is 0.493 e. The number of benzene rings is 3. The van der Waals surface area contributed by atoms with Crippen LogP contribution < -0.4 is 25.3 Å². The summed E-state index contributed by atoms with van der Waals surface area (Å²) in [5.41, 5.74) is 8.44. The van der Waals surface area contributed by atoms with Crippen LogP contribution in [0, 0.1) is 0 Å². The zero-order valence-electron chi connectivity index (χ0n) is 18.0. The van der Waals surface area contributed by atoms with Crippen LogP contribution in [0.5, 0.6) is 17.2 Å². The van der Waals surface area contributed by atoms with Crippen molar-refractivity contribution in [2.75, 3.05) is 32.4 Å². The third-order valence-corrected chi connectivity index (χ3v) is 4.75. The van der Waals surface area contributed by atoms with Crippen LogP contribution in [-0.4, -0.2) is 33.0 Å². The highest BCUT2D eigenvalue weighted by atomic mass is 16.5. The van der Waals surface area contributed by atoms with Crippen LogP contribution in [-0.2, 0) is 0 Å². The van der Waals surface area contributed by atoms with Crippen molar-refractivity contribution >= 4 is 29.1 Å². The molecular weight excluding hydrogens is 408 g/mol. The van der Waals surface area contributed by atoms with E-state index in [1.165, 1.54) is 27.4 Å². The van der Waals surface area contributed by atoms with E-state index in [9.17, 15) is 9.59 Å². The van der Waals surface area contributed by atoms with Gasteiger partial charge in [-0.05, 0) is 48.0 Å². The first-order valence-corrected chi connectivity index (χ1v) is 9.75. The first-order chi connectivity index (χ1) is 15.5. The molecule has 0 aromatic heterocycles. The molecule has 3 rings (SSSR count). The van der Waals surface area contributed by atoms with E-state index in [1.807, 2.05) is 0 Å². The number of hydrogen-bond acceptors (Lipinski definition) is 6. The Hall–Kier alpha value is -4.26. The van der Waals surface area contributed by atoms with Gasteiger partial charge in [0.1, 0.15) is 0 Å². The summed E-state index contributed by atoms with van der Waals surface area (Å²) in [5.74, 6) is 0.944. The normalized spacial score (nSPS) is 10.6. The molecular formula is C25H24N2O5. The Kier molecular flexibility index (Phi) is 7.13. The highest BCUT2D eigenvalue weighted by Crippen LogP contribution is 2.38. The van der Waals surface area contributed by atoms with Gasteiger partial charge in [-0.15, -0.1) is 0 Å². The lowest BCUT2D eigenvalue weighted by Crippen LogP contribution is -2.13. The predicted octanol–water partition coefficient (Wildman–Crippen LogP) is 4.44. The Bertz CT molecular complexity index is 1130. The molecule has 0 bridgehead atoms. The van der Waals surface area contributed by atoms with Gasteiger partial charge in [0.15, 0.2) is 17.3 Å². The highest BCUT2D eigenvalue weighted by Gasteiger charge is 2.13. The van der Waals surface area contributed by atoms with Gasteiger partial charge in [-0.3, -0.25) is 9.59 Å². The number of para-hydroxylation sites is 2. The van der Waals surface area contributed by atoms with Crippen molar-refractivity contribution in [3.05, 3.63) is 83.4 Å². The maximum atomic E-state index is 12.6. The Labute approximate surface area is 186 Å². The molecule has 0 saturated heterocycles. The Balaban J connectivity index is 1.73. The minimum Gasteiger partial charge on any atom is -0.493 e. The van der Waals surface area contributed by atoms with Crippen molar-refractivity contribution in [1.82, 2.24) is 0 Å². The summed E-state index contributed by atoms with van der Waals surface area (Å²) in [7, 11) is 4.58. The second kappa shape index (κ2) is 10.2. The van der Waals surface area contributed by atoms with E-state index in [0.29, 0.717) is 45.3 Å². The molecule has 3 aromatic rings. The summed E-state index contributed by atoms with van der Waals surface area (Å²) < 4.78 is 16.0. The first-order valence-electron chi connectivity index (χ1n) is 9.75. The average Bonchev–Trinajstić information content (AvgIpc) is 2.83. The lowest BCUT2D eigenvalue weighted by atomic mass is 10.1. The fourth-order valence-corrected chi connectivity index (χ4v) is 3.06. The van der Waals surface area contributed by atoms with Gasteiger partial charge in [0, 0.05) is 11.1 Å². The first kappa shape index (κ1) is 22.4. The van der Waals surface area contributed by atoms with Crippen LogP contribution in [0.25, 0.3) is 6.08 Å². The summed E-state index contributed by atoms with van der Waals surface area (Å²) in [5, 5.41) is 2.76. The van der Waals surface area contributed by atoms with Crippen molar-refractivity contribution in [1.29, 1.82) is 0 Å². The van der Waals surface area contributed by atoms with E-state index in [4.69, 9.17) is 19.9 Å². The molecule has 1 amide bonds. The van der Waals surface area contributed by atoms with Crippen LogP contribution in [0.1, 0.15) is 26.3 Å². The predicted molar refractivity (Wildman–Crippen MR) is 125 cm³/mol. The number of allylic oxidation sites excluding steroid dienone is 1. The third-order valence-electron chi connectivity index (χ3n) is 4.75. The van der Waals surface area contributed by atoms with E-state index in [2.05, 4.69) is 5.32 Å². The van der Waals surface area contributed by atoms with Crippen molar-refractivity contribution < 1.29 is 23.8 Å². The third kappa shape index (κ3) is 5.07. The molecule has 3 aromatic carbocycles. The number of nitrogens with two attached hydrogens (primary N) is 1. The Morgan fingerprint density at radius 2 is 1.44 bits per heavy atom. The van der Waals surface area contributed by atoms with Crippen LogP contribution in [0.15, 0.2) is 66.7 Å². The number of carbonyl (C=O) groups excluding carboxylic acids is 2. The SMILES string of the molecule is COc1cc(/C=C/C(=O)c2ccc(C(=O)Nc3ccccc3N)cc2)cc(OC)c1OC. The molecule has 0 aliphatic heterocycles. The highest BCUT2D eigenvalue weighted by molar-refractivity contribution is 6.09. The molecule has 164 valence electrons. The fourth-order valence-electron chi connectivity index (χ4n) is 3.06. The number of carbonyl (C=O) groups is 2. The minimum absolute atomic E-state index is 0.210. The van der Waals surface area contributed by atoms with Gasteiger partial charge < -0.3 is 25.3 Å². The van der Waals surface area contributed by atoms with Gasteiger partial charge in [0.25, 0.3) is 5.91 Å². The molecule has 0 aliphatic rings. The molecule has 0 fully saturated rings. The molecule has 0 aliphatic carbocycles. The van der Waals surface area contributed by atoms with Gasteiger partial charge in [0.2, 0.25) is 5.75 Å². The molecule has 0 atom stereocenters. The zero-order chi connectivity index (χ0) is 23.1. The number of nitrogens with one attached hydrogen (secondary N) is 1. The van der Waals surface area contributed by atoms with Gasteiger partial charge in [-0.2, -0.15) is 0 Å². The minimum atomic E-state index is -0.310. The number of hydrogen-bond donors (Lipinski definition) is 2. The quantitative estimate of drug-likeness (QED) is 0.310. The lowest BCUT2D eigenvalue weighted by Gasteiger charge is -2.12. The fraction of sp³-hybridized carbons (Fsp3) is 0.120. The number of nitrogen functional groups attached to an aromatic ring is 1. The van der Waals surface area contributed by atoms with E-state index >= 15 is 0 Å². The van der Waals surface area contributed by atoms with Crippen molar-refractivity contribution in [3.8, 4) is 17.2 Å². The molecule has 32 heavy (non-hydrogen) atoms. The monoisotopic (exact) mass is 432 g/mol. The molecule has 0 spiro atoms. The van der Waals surface area contributed by atoms with Crippen molar-refractivity contribution in [2.45, 2.75) is 0 Å². The summed E-state index contributed by atoms with van der Waals surface area (Å²) in [6.45, 7) is 0. The average molecular weight is 432 g/mol. The lowest BCUT2D eigenvalue weighted by molar-refractivity contribution is 0.102. The molecule has 0 heterocycles. The molecule has 0 saturated carbocycles. The molecule has 7 heteroatoms. The second-order valence-corrected chi connectivity index (χ2v) is 6.77. The Morgan fingerprint density at radius 3 is 2.00 bits per heavy atom. The summed E-state index contributed by atoms with van der Waals surface area (Å²) in [6, 6.07) is 16.9. The number of ether oxygens (including phenoxy) is 3. The second-order valence-electron chi connectivity index (χ2n) is 6.77. The van der Waals surface area contributed by atoms with E-state index < -0.39 is 0 Å². The van der Waals surface area contributed by atoms with Gasteiger partial charge in [-0.25, -0.2) is 0 Å². The van der Waals surface area contributed by atoms with Gasteiger partial charge in [0.05, 0.1) is 32.7 Å². The van der Waals surface area contributed by atoms with Gasteiger partial charge >= 0.3 is 0 Å². The topological polar surface area (TPSA) is 99.9 Å². The maximum absolute atomic E-state index is 12.6. The zero-order valence-corrected chi connectivity index (χ0v) is 18.0. The molecule has 0 radical (unpaired) electrons. The Morgan fingerprint density at radius 1 is 0.844 bits per heavy atom. The van der Waals surface area contributed by atoms with E-state index in [-0.39, 0.29) is 11.7 Å². The summed E-state index contributed by atoms with van der Waals surface area (Å²) in [6.07, 6.45) is 3.10. The molecule has 0 unspecified atom stereocenters. The van der Waals surface area contributed by atoms with Crippen molar-refractivity contribution in [3.63, 3.8) is 0 Å². The smallest absolute Gasteiger partial charge is 0.255 e. The number of methoxy groups -OCH3 is 3. The van der Waals surface area contributed by atoms with E-state index in [1.54, 1.807) is 66.7 Å². The summed E-state index contributed by atoms with van der Waals surface area (Å²) in [4.78, 5) is 25.0. The summed E-state index contributed by atoms with van der Waals surface area (Å²) >= 11 is 0. The van der Waals surface area contributed by atoms with Crippen LogP contribution in [0.2, 0.25) is 0 Å². The maximum Gasteiger partial charge on any atom is 0.255 e. The van der Waals surface area contributed by atoms with Crippen molar-refractivity contribution in [2.24, 2.45) is 0 Å². The van der Waals surface area contributed by atoms with Crippen LogP contribution in [0.3, 0.4) is 0 Å². The molecule has 7 nitrogen and oxygen atoms in total. The molecule has 3 N–H and O–H groups in total. The number of anilines is 2.